The summed E-state index contributed by atoms with van der Waals surface area (Å²) in [4.78, 5) is 22.6. The van der Waals surface area contributed by atoms with Crippen molar-refractivity contribution in [2.24, 2.45) is 0 Å². The Balaban J connectivity index is 1.80. The Morgan fingerprint density at radius 3 is 2.86 bits per heavy atom. The van der Waals surface area contributed by atoms with E-state index < -0.39 is 0 Å². The van der Waals surface area contributed by atoms with Gasteiger partial charge in [0.25, 0.3) is 5.56 Å². The lowest BCUT2D eigenvalue weighted by Crippen LogP contribution is -2.28. The lowest BCUT2D eigenvalue weighted by atomic mass is 10.1. The number of benzene rings is 1. The van der Waals surface area contributed by atoms with Gasteiger partial charge in [-0.25, -0.2) is 4.98 Å². The van der Waals surface area contributed by atoms with Gasteiger partial charge >= 0.3 is 0 Å². The molecule has 9 heteroatoms. The first-order valence-corrected chi connectivity index (χ1v) is 9.85. The van der Waals surface area contributed by atoms with Crippen molar-refractivity contribution in [2.75, 3.05) is 13.7 Å². The third kappa shape index (κ3) is 2.78. The maximum Gasteiger partial charge on any atom is 0.278 e. The van der Waals surface area contributed by atoms with Gasteiger partial charge < -0.3 is 9.26 Å². The highest BCUT2D eigenvalue weighted by Gasteiger charge is 2.44. The molecule has 0 radical (unpaired) electrons. The zero-order chi connectivity index (χ0) is 20.3. The number of ether oxygens (including phenoxy) is 1. The van der Waals surface area contributed by atoms with Crippen LogP contribution in [0.1, 0.15) is 38.6 Å². The van der Waals surface area contributed by atoms with Crippen LogP contribution in [0.25, 0.3) is 28.1 Å². The number of aromatic nitrogens is 5. The summed E-state index contributed by atoms with van der Waals surface area (Å²) in [6.45, 7) is 4.40. The number of fused-ring (bicyclic) bond motifs is 3. The van der Waals surface area contributed by atoms with Crippen LogP contribution in [-0.4, -0.2) is 37.8 Å². The Labute approximate surface area is 171 Å². The lowest BCUT2D eigenvalue weighted by molar-refractivity contribution is 0.162. The quantitative estimate of drug-likeness (QED) is 0.496. The van der Waals surface area contributed by atoms with Crippen LogP contribution in [0.2, 0.25) is 5.02 Å². The van der Waals surface area contributed by atoms with Crippen molar-refractivity contribution < 1.29 is 9.26 Å². The van der Waals surface area contributed by atoms with Crippen molar-refractivity contribution >= 4 is 28.2 Å². The van der Waals surface area contributed by atoms with E-state index in [2.05, 4.69) is 22.0 Å². The molecule has 1 aliphatic rings. The van der Waals surface area contributed by atoms with Crippen LogP contribution < -0.4 is 5.56 Å². The highest BCUT2D eigenvalue weighted by molar-refractivity contribution is 6.31. The summed E-state index contributed by atoms with van der Waals surface area (Å²) in [5.41, 5.74) is 2.06. The number of methoxy groups -OCH3 is 1. The molecule has 3 heterocycles. The Kier molecular flexibility index (Phi) is 4.04. The topological polar surface area (TPSA) is 87.5 Å². The molecule has 3 aromatic heterocycles. The standard InChI is InChI=1S/C20H20ClN5O3/c1-11(9-28-3)26-14-8-12(21)4-5-13(14)25-10-22-15(16(25)18(26)27)17-23-19(29-24-17)20(2)6-7-20/h4-5,8,10-11H,6-7,9H2,1-3H3. The Morgan fingerprint density at radius 2 is 2.14 bits per heavy atom. The first kappa shape index (κ1) is 18.3. The summed E-state index contributed by atoms with van der Waals surface area (Å²) >= 11 is 6.22. The second-order valence-corrected chi connectivity index (χ2v) is 8.34. The van der Waals surface area contributed by atoms with Gasteiger partial charge in [-0.15, -0.1) is 0 Å². The molecule has 0 saturated heterocycles. The molecule has 1 fully saturated rings. The highest BCUT2D eigenvalue weighted by Crippen LogP contribution is 2.47. The van der Waals surface area contributed by atoms with E-state index in [-0.39, 0.29) is 17.0 Å². The molecule has 0 spiro atoms. The predicted octanol–water partition coefficient (Wildman–Crippen LogP) is 3.61. The zero-order valence-corrected chi connectivity index (χ0v) is 17.1. The number of halogens is 1. The Morgan fingerprint density at radius 1 is 1.34 bits per heavy atom. The van der Waals surface area contributed by atoms with Crippen LogP contribution >= 0.6 is 11.6 Å². The van der Waals surface area contributed by atoms with Crippen molar-refractivity contribution in [3.8, 4) is 11.5 Å². The van der Waals surface area contributed by atoms with Gasteiger partial charge in [0.05, 0.1) is 23.7 Å². The van der Waals surface area contributed by atoms with Crippen molar-refractivity contribution in [3.05, 3.63) is 45.8 Å². The minimum atomic E-state index is -0.208. The molecule has 1 unspecified atom stereocenters. The van der Waals surface area contributed by atoms with Crippen LogP contribution in [0.3, 0.4) is 0 Å². The molecule has 29 heavy (non-hydrogen) atoms. The zero-order valence-electron chi connectivity index (χ0n) is 16.3. The minimum Gasteiger partial charge on any atom is -0.383 e. The van der Waals surface area contributed by atoms with Crippen molar-refractivity contribution in [1.82, 2.24) is 24.1 Å². The van der Waals surface area contributed by atoms with Gasteiger partial charge in [0.2, 0.25) is 11.7 Å². The number of nitrogens with zero attached hydrogens (tertiary/aromatic N) is 5. The molecule has 0 N–H and O–H groups in total. The normalized spacial score (nSPS) is 16.6. The Hall–Kier alpha value is -2.71. The molecule has 0 bridgehead atoms. The van der Waals surface area contributed by atoms with E-state index in [0.717, 1.165) is 18.4 Å². The third-order valence-electron chi connectivity index (χ3n) is 5.65. The summed E-state index contributed by atoms with van der Waals surface area (Å²) in [6, 6.07) is 5.24. The monoisotopic (exact) mass is 413 g/mol. The summed E-state index contributed by atoms with van der Waals surface area (Å²) in [5, 5.41) is 4.66. The van der Waals surface area contributed by atoms with E-state index in [1.54, 1.807) is 34.5 Å². The molecular formula is C20H20ClN5O3. The van der Waals surface area contributed by atoms with Gasteiger partial charge in [-0.05, 0) is 38.0 Å². The number of imidazole rings is 1. The maximum absolute atomic E-state index is 13.6. The van der Waals surface area contributed by atoms with E-state index in [1.807, 2.05) is 13.0 Å². The second-order valence-electron chi connectivity index (χ2n) is 7.91. The third-order valence-corrected chi connectivity index (χ3v) is 5.88. The largest absolute Gasteiger partial charge is 0.383 e. The summed E-state index contributed by atoms with van der Waals surface area (Å²) < 4.78 is 14.2. The molecule has 8 nitrogen and oxygen atoms in total. The van der Waals surface area contributed by atoms with Gasteiger partial charge in [0, 0.05) is 17.5 Å². The SMILES string of the molecule is COCC(C)n1c(=O)c2c(-c3noc(C4(C)CC4)n3)ncn2c2ccc(Cl)cc21. The number of hydrogen-bond donors (Lipinski definition) is 0. The molecule has 1 saturated carbocycles. The summed E-state index contributed by atoms with van der Waals surface area (Å²) in [7, 11) is 1.61. The van der Waals surface area contributed by atoms with Crippen LogP contribution in [0.4, 0.5) is 0 Å². The smallest absolute Gasteiger partial charge is 0.278 e. The molecule has 0 amide bonds. The second kappa shape index (κ2) is 6.40. The fourth-order valence-electron chi connectivity index (χ4n) is 3.74. The van der Waals surface area contributed by atoms with Gasteiger partial charge in [-0.2, -0.15) is 4.98 Å². The van der Waals surface area contributed by atoms with E-state index in [1.165, 1.54) is 0 Å². The molecule has 0 aliphatic heterocycles. The van der Waals surface area contributed by atoms with Crippen molar-refractivity contribution in [3.63, 3.8) is 0 Å². The van der Waals surface area contributed by atoms with Gasteiger partial charge in [0.15, 0.2) is 0 Å². The fraction of sp³-hybridized carbons (Fsp3) is 0.400. The first-order valence-electron chi connectivity index (χ1n) is 9.47. The van der Waals surface area contributed by atoms with Crippen LogP contribution in [-0.2, 0) is 10.2 Å². The minimum absolute atomic E-state index is 0.0581. The molecular weight excluding hydrogens is 394 g/mol. The average molecular weight is 414 g/mol. The van der Waals surface area contributed by atoms with Crippen LogP contribution in [0.5, 0.6) is 0 Å². The van der Waals surface area contributed by atoms with Gasteiger partial charge in [0.1, 0.15) is 17.5 Å². The van der Waals surface area contributed by atoms with E-state index in [4.69, 9.17) is 20.9 Å². The van der Waals surface area contributed by atoms with Crippen LogP contribution in [0, 0.1) is 0 Å². The van der Waals surface area contributed by atoms with Gasteiger partial charge in [-0.1, -0.05) is 23.7 Å². The van der Waals surface area contributed by atoms with Crippen molar-refractivity contribution in [2.45, 2.75) is 38.1 Å². The molecule has 4 aromatic rings. The van der Waals surface area contributed by atoms with E-state index >= 15 is 0 Å². The lowest BCUT2D eigenvalue weighted by Gasteiger charge is -2.18. The highest BCUT2D eigenvalue weighted by atomic mass is 35.5. The Bertz CT molecular complexity index is 1300. The predicted molar refractivity (Wildman–Crippen MR) is 108 cm³/mol. The average Bonchev–Trinajstić information content (AvgIpc) is 3.10. The summed E-state index contributed by atoms with van der Waals surface area (Å²) in [5.74, 6) is 0.918. The maximum atomic E-state index is 13.6. The fourth-order valence-corrected chi connectivity index (χ4v) is 3.90. The van der Waals surface area contributed by atoms with Crippen LogP contribution in [0.15, 0.2) is 33.8 Å². The molecule has 1 aliphatic carbocycles. The molecule has 1 atom stereocenters. The first-order chi connectivity index (χ1) is 13.9. The van der Waals surface area contributed by atoms with Crippen molar-refractivity contribution in [1.29, 1.82) is 0 Å². The molecule has 150 valence electrons. The van der Waals surface area contributed by atoms with Gasteiger partial charge in [-0.3, -0.25) is 13.8 Å². The molecule has 5 rings (SSSR count). The van der Waals surface area contributed by atoms with E-state index in [0.29, 0.717) is 40.1 Å². The summed E-state index contributed by atoms with van der Waals surface area (Å²) in [6.07, 6.45) is 3.65. The number of hydrogen-bond acceptors (Lipinski definition) is 6. The number of rotatable bonds is 5. The van der Waals surface area contributed by atoms with E-state index in [9.17, 15) is 4.79 Å². The molecule has 1 aromatic carbocycles.